The molecule has 3 nitrogen and oxygen atoms in total. The standard InChI is InChI=1S/O3P4S/c8-7-1-4-5(2-7)6(4)3-7. The van der Waals surface area contributed by atoms with Crippen LogP contribution in [0.1, 0.15) is 0 Å². The summed E-state index contributed by atoms with van der Waals surface area (Å²) in [4.78, 5) is 0. The Hall–Kier alpha value is 1.43. The van der Waals surface area contributed by atoms with Gasteiger partial charge in [0.25, 0.3) is 0 Å². The molecule has 3 aliphatic heterocycles. The summed E-state index contributed by atoms with van der Waals surface area (Å²) >= 11 is 4.92. The first kappa shape index (κ1) is 5.13. The molecule has 0 N–H and O–H groups in total. The highest BCUT2D eigenvalue weighted by molar-refractivity contribution is 8.74. The predicted molar refractivity (Wildman–Crippen MR) is 38.6 cm³/mol. The van der Waals surface area contributed by atoms with Crippen LogP contribution in [0.5, 0.6) is 0 Å². The third-order valence-electron chi connectivity index (χ3n) is 0.928. The highest BCUT2D eigenvalue weighted by Gasteiger charge is 2.55. The minimum Gasteiger partial charge on any atom is -0.242 e. The Morgan fingerprint density at radius 2 is 1.38 bits per heavy atom. The summed E-state index contributed by atoms with van der Waals surface area (Å²) in [5, 5.41) is 0. The van der Waals surface area contributed by atoms with Crippen molar-refractivity contribution in [2.24, 2.45) is 0 Å². The van der Waals surface area contributed by atoms with Crippen molar-refractivity contribution in [2.45, 2.75) is 0 Å². The number of rotatable bonds is 0. The number of hydrogen-bond acceptors (Lipinski definition) is 4. The molecule has 0 aliphatic carbocycles. The molecule has 3 aliphatic rings. The molecule has 1 aromatic heterocycles. The van der Waals surface area contributed by atoms with E-state index in [9.17, 15) is 0 Å². The maximum Gasteiger partial charge on any atom is 0.353 e. The first-order valence-corrected chi connectivity index (χ1v) is 10.3. The average molecular weight is 204 g/mol. The van der Waals surface area contributed by atoms with Crippen LogP contribution in [0.15, 0.2) is 0 Å². The van der Waals surface area contributed by atoms with Crippen LogP contribution in [0, 0.1) is 0 Å². The van der Waals surface area contributed by atoms with E-state index in [4.69, 9.17) is 24.7 Å². The summed E-state index contributed by atoms with van der Waals surface area (Å²) in [6, 6.07) is 0. The van der Waals surface area contributed by atoms with Gasteiger partial charge in [-0.3, -0.25) is 0 Å². The van der Waals surface area contributed by atoms with Crippen LogP contribution >= 0.6 is 28.1 Å². The molecule has 0 radical (unpaired) electrons. The third-order valence-corrected chi connectivity index (χ3v) is 19.6. The van der Waals surface area contributed by atoms with Gasteiger partial charge in [0.2, 0.25) is 0 Å². The Morgan fingerprint density at radius 3 is 1.50 bits per heavy atom. The zero-order chi connectivity index (χ0) is 5.35. The monoisotopic (exact) mass is 204 g/mol. The first-order valence-electron chi connectivity index (χ1n) is 1.88. The van der Waals surface area contributed by atoms with E-state index in [1.807, 2.05) is 0 Å². The summed E-state index contributed by atoms with van der Waals surface area (Å²) in [6.45, 7) is -2.02. The van der Waals surface area contributed by atoms with Gasteiger partial charge < -0.3 is 0 Å². The second kappa shape index (κ2) is 1.23. The van der Waals surface area contributed by atoms with Gasteiger partial charge in [0.15, 0.2) is 0 Å². The lowest BCUT2D eigenvalue weighted by atomic mass is 15.7. The minimum absolute atomic E-state index is 0.204. The molecule has 1 aromatic rings. The maximum absolute atomic E-state index is 5.30. The molecule has 0 fully saturated rings. The molecule has 0 saturated heterocycles. The largest absolute Gasteiger partial charge is 0.353 e. The van der Waals surface area contributed by atoms with E-state index in [0.29, 0.717) is 0 Å². The highest BCUT2D eigenvalue weighted by Crippen LogP contribution is 3.02. The average Bonchev–Trinajstić information content (AvgIpc) is 2.22. The van der Waals surface area contributed by atoms with Crippen molar-refractivity contribution in [1.29, 1.82) is 0 Å². The van der Waals surface area contributed by atoms with Gasteiger partial charge in [-0.15, -0.1) is 0 Å². The summed E-state index contributed by atoms with van der Waals surface area (Å²) in [5.74, 6) is 0. The van der Waals surface area contributed by atoms with E-state index in [2.05, 4.69) is 0 Å². The van der Waals surface area contributed by atoms with Crippen molar-refractivity contribution in [1.82, 2.24) is 0 Å². The third kappa shape index (κ3) is 0.440. The molecule has 0 spiro atoms. The normalized spacial score (nSPS) is 46.8. The topological polar surface area (TPSA) is 27.7 Å². The second-order valence-electron chi connectivity index (χ2n) is 1.45. The Bertz CT molecular complexity index is 232. The quantitative estimate of drug-likeness (QED) is 0.605. The second-order valence-corrected chi connectivity index (χ2v) is 16.5. The van der Waals surface area contributed by atoms with Crippen LogP contribution in [0.3, 0.4) is 0 Å². The Kier molecular flexibility index (Phi) is 0.790. The minimum atomic E-state index is -2.02. The fourth-order valence-electron chi connectivity index (χ4n) is 0.594. The van der Waals surface area contributed by atoms with Crippen LogP contribution in [-0.4, -0.2) is 0 Å². The molecule has 0 atom stereocenters. The zero-order valence-corrected chi connectivity index (χ0v) is 7.82. The highest BCUT2D eigenvalue weighted by atomic mass is 32.7. The van der Waals surface area contributed by atoms with Crippen molar-refractivity contribution in [3.63, 3.8) is 0 Å². The lowest BCUT2D eigenvalue weighted by Gasteiger charge is -1.96. The fraction of sp³-hybridized carbons (Fsp3) is 0. The molecule has 4 heterocycles. The molecule has 0 unspecified atom stereocenters. The molecule has 4 bridgehead atoms. The molecule has 4 rings (SSSR count). The van der Waals surface area contributed by atoms with Crippen molar-refractivity contribution in [3.8, 4) is 0 Å². The van der Waals surface area contributed by atoms with Gasteiger partial charge in [0.05, 0.1) is 0 Å². The van der Waals surface area contributed by atoms with Gasteiger partial charge in [-0.2, -0.15) is 0 Å². The molecule has 0 amide bonds. The molecular weight excluding hydrogens is 204 g/mol. The SMILES string of the molecule is S=P12Op3p(p3O1)O2. The smallest absolute Gasteiger partial charge is 0.242 e. The first-order chi connectivity index (χ1) is 3.79. The lowest BCUT2D eigenvalue weighted by molar-refractivity contribution is 0.580. The van der Waals surface area contributed by atoms with Crippen molar-refractivity contribution in [2.75, 3.05) is 0 Å². The molecule has 0 aromatic carbocycles. The van der Waals surface area contributed by atoms with E-state index in [1.54, 1.807) is 0 Å². The van der Waals surface area contributed by atoms with E-state index >= 15 is 0 Å². The van der Waals surface area contributed by atoms with Crippen LogP contribution in [0.25, 0.3) is 0 Å². The lowest BCUT2D eigenvalue weighted by Crippen LogP contribution is -1.87. The van der Waals surface area contributed by atoms with Gasteiger partial charge in [-0.25, -0.2) is 12.9 Å². The molecular formula is O3P4S. The van der Waals surface area contributed by atoms with Gasteiger partial charge >= 0.3 is 6.72 Å². The van der Waals surface area contributed by atoms with Crippen molar-refractivity contribution in [3.05, 3.63) is 0 Å². The van der Waals surface area contributed by atoms with Gasteiger partial charge in [-0.1, -0.05) is 0 Å². The van der Waals surface area contributed by atoms with E-state index < -0.39 is 6.72 Å². The van der Waals surface area contributed by atoms with Crippen LogP contribution in [-0.2, 0) is 11.8 Å². The van der Waals surface area contributed by atoms with Crippen LogP contribution in [0.4, 0.5) is 0 Å². The summed E-state index contributed by atoms with van der Waals surface area (Å²) < 4.78 is 15.9. The van der Waals surface area contributed by atoms with Gasteiger partial charge in [0, 0.05) is 0 Å². The Morgan fingerprint density at radius 1 is 1.00 bits per heavy atom. The van der Waals surface area contributed by atoms with E-state index in [-0.39, 0.29) is 21.3 Å². The fourth-order valence-corrected chi connectivity index (χ4v) is 28.8. The summed E-state index contributed by atoms with van der Waals surface area (Å²) in [5.41, 5.74) is 0. The Labute approximate surface area is 53.3 Å². The van der Waals surface area contributed by atoms with Crippen molar-refractivity contribution >= 4 is 39.9 Å². The molecule has 8 heavy (non-hydrogen) atoms. The van der Waals surface area contributed by atoms with Crippen LogP contribution in [0.2, 0.25) is 0 Å². The zero-order valence-electron chi connectivity index (χ0n) is 3.42. The molecule has 44 valence electrons. The van der Waals surface area contributed by atoms with E-state index in [0.717, 1.165) is 0 Å². The van der Waals surface area contributed by atoms with Gasteiger partial charge in [-0.05, 0) is 11.8 Å². The maximum atomic E-state index is 5.30. The predicted octanol–water partition coefficient (Wildman–Crippen LogP) is 2.18. The van der Waals surface area contributed by atoms with Crippen LogP contribution < -0.4 is 12.9 Å². The molecule has 8 heteroatoms. The summed E-state index contributed by atoms with van der Waals surface area (Å²) in [7, 11) is -0.611. The van der Waals surface area contributed by atoms with Crippen molar-refractivity contribution < 1.29 is 12.9 Å². The van der Waals surface area contributed by atoms with Gasteiger partial charge in [0.1, 0.15) is 21.3 Å². The molecule has 0 saturated carbocycles. The summed E-state index contributed by atoms with van der Waals surface area (Å²) in [6.07, 6.45) is 0. The number of hydrogen-bond donors (Lipinski definition) is 0. The Balaban J connectivity index is 2.42. The van der Waals surface area contributed by atoms with E-state index in [1.165, 1.54) is 0 Å².